The molecule has 5 unspecified atom stereocenters. The van der Waals surface area contributed by atoms with E-state index in [9.17, 15) is 37.1 Å². The molecule has 2 aliphatic heterocycles. The van der Waals surface area contributed by atoms with E-state index in [0.717, 1.165) is 87.0 Å². The van der Waals surface area contributed by atoms with Gasteiger partial charge in [-0.2, -0.15) is 13.2 Å². The first-order valence-corrected chi connectivity index (χ1v) is 23.9. The van der Waals surface area contributed by atoms with Gasteiger partial charge >= 0.3 is 6.18 Å². The number of carbonyl (C=O) groups excluding carboxylic acids is 5. The van der Waals surface area contributed by atoms with E-state index in [4.69, 9.17) is 14.5 Å². The molecule has 70 heavy (non-hydrogen) atoms. The lowest BCUT2D eigenvalue weighted by Crippen LogP contribution is -2.58. The van der Waals surface area contributed by atoms with Crippen LogP contribution in [-0.2, 0) is 52.8 Å². The van der Waals surface area contributed by atoms with Gasteiger partial charge in [-0.15, -0.1) is 0 Å². The monoisotopic (exact) mass is 974 g/mol. The van der Waals surface area contributed by atoms with E-state index in [1.54, 1.807) is 18.3 Å². The van der Waals surface area contributed by atoms with Gasteiger partial charge < -0.3 is 29.1 Å². The zero-order valence-electron chi connectivity index (χ0n) is 42.0. The van der Waals surface area contributed by atoms with Crippen molar-refractivity contribution in [2.45, 2.75) is 98.1 Å². The molecule has 2 aromatic carbocycles. The van der Waals surface area contributed by atoms with Crippen LogP contribution >= 0.6 is 0 Å². The fourth-order valence-corrected chi connectivity index (χ4v) is 9.65. The summed E-state index contributed by atoms with van der Waals surface area (Å²) in [5.41, 5.74) is 11.1. The standard InChI is InChI=1S/C44H60N6O5.C9H10F3NO2/c1-10-49-38-19-18-33(25-35(38)36(26-44(5,6)27-55-28-51)41(49)34-17-14-20-45-39(34)30(4)54-9)32-16-13-15-31(23-32)24-37(43(53)50-22-12-11-21-46-50)47-42(52)40(29(2)3)48(7)8;1-2-8(15)13-3-6(5-14)7(4-13)9(10,11)12/h13-20,23,25,28-30,37,40,46H,10-12,21-22,24,26-27H2,1-9H3,(H,47,52);2,5-7H,1,3-4H2. The minimum Gasteiger partial charge on any atom is -0.467 e. The molecule has 6 rings (SSSR count). The van der Waals surface area contributed by atoms with Crippen molar-refractivity contribution in [1.29, 1.82) is 0 Å². The summed E-state index contributed by atoms with van der Waals surface area (Å²) in [7, 11) is 5.49. The van der Waals surface area contributed by atoms with Crippen molar-refractivity contribution in [3.05, 3.63) is 90.3 Å². The van der Waals surface area contributed by atoms with Crippen molar-refractivity contribution in [3.8, 4) is 22.4 Å². The first-order chi connectivity index (χ1) is 33.2. The van der Waals surface area contributed by atoms with Gasteiger partial charge in [0.25, 0.3) is 12.4 Å². The van der Waals surface area contributed by atoms with E-state index in [1.807, 2.05) is 58.0 Å². The topological polar surface area (TPSA) is 155 Å². The van der Waals surface area contributed by atoms with Gasteiger partial charge in [-0.1, -0.05) is 64.6 Å². The summed E-state index contributed by atoms with van der Waals surface area (Å²) in [4.78, 5) is 68.1. The highest BCUT2D eigenvalue weighted by Gasteiger charge is 2.50. The molecule has 0 aliphatic carbocycles. The zero-order valence-corrected chi connectivity index (χ0v) is 42.0. The van der Waals surface area contributed by atoms with E-state index in [2.05, 4.69) is 79.1 Å². The Hall–Kier alpha value is -5.91. The van der Waals surface area contributed by atoms with Gasteiger partial charge in [0.15, 0.2) is 0 Å². The number of aldehydes is 1. The number of aryl methyl sites for hydroxylation is 1. The van der Waals surface area contributed by atoms with Gasteiger partial charge in [0.2, 0.25) is 11.8 Å². The Labute approximate surface area is 409 Å². The van der Waals surface area contributed by atoms with Crippen LogP contribution in [0.1, 0.15) is 77.3 Å². The molecule has 5 atom stereocenters. The lowest BCUT2D eigenvalue weighted by molar-refractivity contribution is -0.180. The number of methoxy groups -OCH3 is 1. The number of pyridine rings is 1. The van der Waals surface area contributed by atoms with Crippen molar-refractivity contribution in [3.63, 3.8) is 0 Å². The van der Waals surface area contributed by atoms with E-state index in [0.29, 0.717) is 25.9 Å². The Morgan fingerprint density at radius 1 is 1.01 bits per heavy atom. The second kappa shape index (κ2) is 24.3. The second-order valence-electron chi connectivity index (χ2n) is 19.5. The number of aromatic nitrogens is 2. The van der Waals surface area contributed by atoms with Crippen molar-refractivity contribution < 1.29 is 46.6 Å². The highest BCUT2D eigenvalue weighted by molar-refractivity contribution is 5.95. The minimum absolute atomic E-state index is 0.0707. The molecule has 4 aromatic rings. The average molecular weight is 974 g/mol. The largest absolute Gasteiger partial charge is 0.467 e. The maximum atomic E-state index is 14.0. The Morgan fingerprint density at radius 2 is 1.74 bits per heavy atom. The molecule has 2 saturated heterocycles. The molecule has 0 radical (unpaired) electrons. The molecule has 4 heterocycles. The first-order valence-electron chi connectivity index (χ1n) is 23.9. The molecule has 0 bridgehead atoms. The quantitative estimate of drug-likeness (QED) is 0.0710. The van der Waals surface area contributed by atoms with Crippen molar-refractivity contribution >= 4 is 41.4 Å². The lowest BCUT2D eigenvalue weighted by atomic mass is 9.84. The van der Waals surface area contributed by atoms with Crippen LogP contribution < -0.4 is 10.7 Å². The normalized spacial score (nSPS) is 17.7. The van der Waals surface area contributed by atoms with E-state index in [-0.39, 0.29) is 54.7 Å². The number of likely N-dealkylation sites (tertiary alicyclic amines) is 1. The fraction of sp³-hybridized carbons (Fsp3) is 0.509. The molecule has 14 nitrogen and oxygen atoms in total. The molecule has 0 saturated carbocycles. The number of halogens is 3. The summed E-state index contributed by atoms with van der Waals surface area (Å²) in [6.45, 7) is 17.8. The molecular formula is C53H70F3N7O7. The molecule has 2 fully saturated rings. The Balaban J connectivity index is 0.000000519. The number of benzene rings is 2. The summed E-state index contributed by atoms with van der Waals surface area (Å²) in [6.07, 6.45) is 1.27. The van der Waals surface area contributed by atoms with Crippen molar-refractivity contribution in [2.75, 3.05) is 54.0 Å². The van der Waals surface area contributed by atoms with Crippen LogP contribution in [0.25, 0.3) is 33.3 Å². The van der Waals surface area contributed by atoms with E-state index in [1.165, 1.54) is 0 Å². The van der Waals surface area contributed by atoms with E-state index < -0.39 is 36.5 Å². The highest BCUT2D eigenvalue weighted by atomic mass is 19.4. The number of alkyl halides is 3. The number of nitrogens with one attached hydrogen (secondary N) is 2. The third-order valence-corrected chi connectivity index (χ3v) is 13.1. The van der Waals surface area contributed by atoms with Gasteiger partial charge in [-0.25, -0.2) is 5.43 Å². The molecule has 380 valence electrons. The van der Waals surface area contributed by atoms with Crippen LogP contribution in [0.2, 0.25) is 0 Å². The molecule has 2 N–H and O–H groups in total. The minimum atomic E-state index is -4.44. The van der Waals surface area contributed by atoms with Gasteiger partial charge in [0.1, 0.15) is 12.3 Å². The van der Waals surface area contributed by atoms with Crippen LogP contribution in [0.5, 0.6) is 0 Å². The van der Waals surface area contributed by atoms with Gasteiger partial charge in [0, 0.05) is 80.3 Å². The summed E-state index contributed by atoms with van der Waals surface area (Å²) in [5, 5.41) is 5.92. The summed E-state index contributed by atoms with van der Waals surface area (Å²) < 4.78 is 50.7. The number of ether oxygens (including phenoxy) is 2. The number of likely N-dealkylation sites (N-methyl/N-ethyl adjacent to an activating group) is 1. The third-order valence-electron chi connectivity index (χ3n) is 13.1. The number of fused-ring (bicyclic) bond motifs is 1. The number of carbonyl (C=O) groups is 5. The van der Waals surface area contributed by atoms with Crippen LogP contribution in [-0.4, -0.2) is 127 Å². The van der Waals surface area contributed by atoms with Gasteiger partial charge in [-0.05, 0) is 106 Å². The Bertz CT molecular complexity index is 2460. The first kappa shape index (κ1) is 55.0. The molecule has 3 amide bonds. The molecular weight excluding hydrogens is 904 g/mol. The van der Waals surface area contributed by atoms with Gasteiger partial charge in [-0.3, -0.25) is 34.1 Å². The predicted octanol–water partition coefficient (Wildman–Crippen LogP) is 7.59. The fourth-order valence-electron chi connectivity index (χ4n) is 9.65. The summed E-state index contributed by atoms with van der Waals surface area (Å²) in [6, 6.07) is 17.8. The van der Waals surface area contributed by atoms with Crippen molar-refractivity contribution in [1.82, 2.24) is 35.1 Å². The zero-order chi connectivity index (χ0) is 51.5. The number of rotatable bonds is 19. The van der Waals surface area contributed by atoms with Crippen LogP contribution in [0, 0.1) is 23.2 Å². The average Bonchev–Trinajstić information content (AvgIpc) is 3.92. The summed E-state index contributed by atoms with van der Waals surface area (Å²) in [5.74, 6) is -3.69. The van der Waals surface area contributed by atoms with Gasteiger partial charge in [0.05, 0.1) is 36.1 Å². The maximum Gasteiger partial charge on any atom is 0.394 e. The Kier molecular flexibility index (Phi) is 19.1. The maximum absolute atomic E-state index is 14.0. The third kappa shape index (κ3) is 13.3. The van der Waals surface area contributed by atoms with E-state index >= 15 is 0 Å². The highest BCUT2D eigenvalue weighted by Crippen LogP contribution is 2.42. The SMILES string of the molecule is C=CC(=O)N1CC(C=O)C(C(F)(F)F)C1.CCn1c(-c2cccnc2C(C)OC)c(CC(C)(C)COC=O)c2cc(-c3cccc(CC(NC(=O)C(C(C)C)N(C)C)C(=O)N4CCCCN4)c3)ccc21. The lowest BCUT2D eigenvalue weighted by Gasteiger charge is -2.33. The summed E-state index contributed by atoms with van der Waals surface area (Å²) >= 11 is 0. The van der Waals surface area contributed by atoms with Crippen molar-refractivity contribution in [2.24, 2.45) is 23.2 Å². The number of hydrogen-bond acceptors (Lipinski definition) is 10. The predicted molar refractivity (Wildman–Crippen MR) is 264 cm³/mol. The van der Waals surface area contributed by atoms with Crippen LogP contribution in [0.4, 0.5) is 13.2 Å². The molecule has 2 aliphatic rings. The molecule has 17 heteroatoms. The number of amides is 3. The molecule has 0 spiro atoms. The Morgan fingerprint density at radius 3 is 2.33 bits per heavy atom. The molecule has 2 aromatic heterocycles. The smallest absolute Gasteiger partial charge is 0.394 e. The number of nitrogens with zero attached hydrogens (tertiary/aromatic N) is 5. The van der Waals surface area contributed by atoms with Crippen LogP contribution in [0.3, 0.4) is 0 Å². The van der Waals surface area contributed by atoms with Crippen LogP contribution in [0.15, 0.2) is 73.4 Å². The number of hydrogen-bond donors (Lipinski definition) is 2. The number of hydrazine groups is 1. The second-order valence-corrected chi connectivity index (χ2v) is 19.5.